The molecule has 1 unspecified atom stereocenters. The Morgan fingerprint density at radius 2 is 0.909 bits per heavy atom. The Kier molecular flexibility index (Phi) is 35.4. The van der Waals surface area contributed by atoms with E-state index in [2.05, 4.69) is 162 Å². The average Bonchev–Trinajstić information content (AvgIpc) is 1.59. The minimum absolute atomic E-state index is 0. The number of aliphatic hydroxyl groups excluding tert-OH is 3. The Morgan fingerprint density at radius 1 is 0.566 bits per heavy atom. The standard InChI is InChI=1S/C19H18BrP.C10H9NO2S.C10H11NO2S.C10H9NS.C9H9NOS.C9H7NOS.C4H8O.3CH4.H2O.4O.Os/c1-21(20,17-11-5-2-6-12-17,18-13-7-3-8-14-18)19-15-9-4-10-16-19;1-6-4-11-5-9-7(6)3-8(14-9)10(12)13-2;1-6-3-11-4-10-7(6)2-9(14-10)8(13)5-12;1-3-8-4-9-7(2)5-11-6-10(9)12-8;2*1-6-3-10-4-9-8(6)2-7(5-11)12-9;1-2-4-5-3-1;;;;;;;;;/h2-16H,1H3;3-5H,1-2H3;2-4,8,12-13H,5H2,1H3;3-6H,1H2,2H3;2-4,11H,5H2,1H3;2-5H,1H3;1-4H2;3*1H4;1H2;;;;;. The molecular formula is C74H85BrN5O12OsPS5. The quantitative estimate of drug-likeness (QED) is 0.0688. The number of esters is 1. The third-order valence-electron chi connectivity index (χ3n) is 14.6. The first-order valence-corrected chi connectivity index (χ1v) is 42.2. The van der Waals surface area contributed by atoms with Gasteiger partial charge in [-0.15, -0.1) is 56.7 Å². The Balaban J connectivity index is 0.000000301. The van der Waals surface area contributed by atoms with E-state index in [1.807, 2.05) is 89.0 Å². The zero-order valence-electron chi connectivity index (χ0n) is 53.6. The van der Waals surface area contributed by atoms with Crippen molar-refractivity contribution in [3.05, 3.63) is 242 Å². The summed E-state index contributed by atoms with van der Waals surface area (Å²) in [5.74, 6) is -0.286. The maximum absolute atomic E-state index is 11.3. The topological polar surface area (TPSA) is 278 Å². The van der Waals surface area contributed by atoms with Crippen LogP contribution in [0.25, 0.3) is 56.5 Å². The monoisotopic (exact) mass is 1700 g/mol. The number of aryl methyl sites for hydroxylation is 5. The number of rotatable bonds is 9. The summed E-state index contributed by atoms with van der Waals surface area (Å²) >= 11 is 5.88. The summed E-state index contributed by atoms with van der Waals surface area (Å²) < 4.78 is 49.7. The molecule has 13 aromatic rings. The molecule has 1 aliphatic rings. The van der Waals surface area contributed by atoms with E-state index in [4.69, 9.17) is 29.1 Å². The molecule has 0 saturated carbocycles. The van der Waals surface area contributed by atoms with Gasteiger partial charge in [0.25, 0.3) is 0 Å². The summed E-state index contributed by atoms with van der Waals surface area (Å²) in [5, 5.41) is 34.5. The number of halogens is 1. The fourth-order valence-corrected chi connectivity index (χ4v) is 20.2. The summed E-state index contributed by atoms with van der Waals surface area (Å²) in [6.45, 7) is 18.1. The van der Waals surface area contributed by atoms with Crippen LogP contribution in [0.4, 0.5) is 0 Å². The van der Waals surface area contributed by atoms with Crippen LogP contribution >= 0.6 is 77.5 Å². The van der Waals surface area contributed by atoms with Crippen molar-refractivity contribution in [2.75, 3.05) is 33.6 Å². The second-order valence-electron chi connectivity index (χ2n) is 21.4. The summed E-state index contributed by atoms with van der Waals surface area (Å²) in [6, 6.07) is 42.2. The van der Waals surface area contributed by atoms with E-state index in [0.717, 1.165) is 85.8 Å². The van der Waals surface area contributed by atoms with Crippen LogP contribution in [0.5, 0.6) is 0 Å². The number of hydrogen-bond acceptors (Lipinski definition) is 21. The molecule has 0 amide bonds. The molecule has 1 aliphatic heterocycles. The SMILES string of the molecule is C.C.C.C1CCOC1.C=Cc1cc2c(C)cncc2s1.COC(=O)c1cc2c(C)cncc2s1.CP(Br)(c1ccccc1)(c1ccccc1)c1ccccc1.Cc1cncc2sc(C(O)CO)cc12.Cc1cncc2sc(C=O)cc12.Cc1cncc2sc(CO)cc12.O.[O]=[Os](=[O])(=[O])=[O]. The van der Waals surface area contributed by atoms with Crippen LogP contribution in [0.1, 0.15) is 103 Å². The van der Waals surface area contributed by atoms with Gasteiger partial charge in [0.15, 0.2) is 6.29 Å². The van der Waals surface area contributed by atoms with Gasteiger partial charge in [-0.05, 0) is 133 Å². The minimum atomic E-state index is -6.06. The van der Waals surface area contributed by atoms with E-state index in [-0.39, 0.29) is 46.9 Å². The summed E-state index contributed by atoms with van der Waals surface area (Å²) in [4.78, 5) is 46.6. The van der Waals surface area contributed by atoms with Gasteiger partial charge >= 0.3 is 169 Å². The van der Waals surface area contributed by atoms with Crippen molar-refractivity contribution in [1.29, 1.82) is 0 Å². The van der Waals surface area contributed by atoms with Gasteiger partial charge in [0, 0.05) is 89.8 Å². The zero-order chi connectivity index (χ0) is 68.7. The van der Waals surface area contributed by atoms with Crippen LogP contribution in [0, 0.1) is 34.6 Å². The molecule has 1 fully saturated rings. The van der Waals surface area contributed by atoms with Gasteiger partial charge in [-0.1, -0.05) is 34.9 Å². The van der Waals surface area contributed by atoms with Gasteiger partial charge in [0.05, 0.1) is 48.7 Å². The first kappa shape index (κ1) is 85.9. The van der Waals surface area contributed by atoms with Crippen molar-refractivity contribution in [3.8, 4) is 0 Å². The van der Waals surface area contributed by atoms with Crippen molar-refractivity contribution in [3.63, 3.8) is 0 Å². The number of methoxy groups -OCH3 is 1. The predicted octanol–water partition coefficient (Wildman–Crippen LogP) is 17.6. The molecule has 5 N–H and O–H groups in total. The van der Waals surface area contributed by atoms with Gasteiger partial charge in [0.1, 0.15) is 11.0 Å². The number of aromatic nitrogens is 5. The second-order valence-corrected chi connectivity index (χ2v) is 39.3. The third kappa shape index (κ3) is 23.6. The summed E-state index contributed by atoms with van der Waals surface area (Å²) in [6.07, 6.45) is 22.7. The molecule has 0 spiro atoms. The molecule has 10 aromatic heterocycles. The number of nitrogens with zero attached hydrogens (tertiary/aromatic N) is 5. The van der Waals surface area contributed by atoms with E-state index in [1.54, 1.807) is 53.7 Å². The molecule has 14 rings (SSSR count). The Labute approximate surface area is 609 Å². The molecule has 1 saturated heterocycles. The fraction of sp³-hybridized carbons (Fsp3) is 0.230. The number of ether oxygens (including phenoxy) is 2. The number of aliphatic hydroxyl groups is 3. The fourth-order valence-electron chi connectivity index (χ4n) is 9.59. The van der Waals surface area contributed by atoms with E-state index in [1.165, 1.54) is 101 Å². The molecular weight excluding hydrogens is 1610 g/mol. The van der Waals surface area contributed by atoms with E-state index >= 15 is 0 Å². The van der Waals surface area contributed by atoms with Crippen molar-refractivity contribution < 1.29 is 68.9 Å². The number of carbonyl (C=O) groups is 2. The van der Waals surface area contributed by atoms with Crippen LogP contribution < -0.4 is 15.9 Å². The molecule has 0 aliphatic carbocycles. The molecule has 3 aromatic carbocycles. The molecule has 1 atom stereocenters. The van der Waals surface area contributed by atoms with E-state index in [0.29, 0.717) is 4.88 Å². The Bertz CT molecular complexity index is 4730. The first-order valence-electron chi connectivity index (χ1n) is 29.3. The molecule has 528 valence electrons. The van der Waals surface area contributed by atoms with Crippen molar-refractivity contribution in [2.45, 2.75) is 82.5 Å². The predicted molar refractivity (Wildman–Crippen MR) is 413 cm³/mol. The number of benzene rings is 3. The van der Waals surface area contributed by atoms with E-state index in [9.17, 15) is 14.7 Å². The van der Waals surface area contributed by atoms with Crippen molar-refractivity contribution in [2.24, 2.45) is 0 Å². The normalized spacial score (nSPS) is 11.8. The van der Waals surface area contributed by atoms with Crippen molar-refractivity contribution >= 4 is 162 Å². The Morgan fingerprint density at radius 3 is 1.22 bits per heavy atom. The number of aldehydes is 1. The number of carbonyl (C=O) groups excluding carboxylic acids is 2. The van der Waals surface area contributed by atoms with Gasteiger partial charge in [-0.3, -0.25) is 29.7 Å². The molecule has 17 nitrogen and oxygen atoms in total. The number of hydrogen-bond donors (Lipinski definition) is 3. The number of fused-ring (bicyclic) bond motifs is 5. The van der Waals surface area contributed by atoms with Crippen LogP contribution in [0.3, 0.4) is 0 Å². The zero-order valence-corrected chi connectivity index (χ0v) is 62.7. The van der Waals surface area contributed by atoms with Gasteiger partial charge in [0.2, 0.25) is 0 Å². The second kappa shape index (κ2) is 40.8. The molecule has 25 heteroatoms. The van der Waals surface area contributed by atoms with Crippen LogP contribution in [0.15, 0.2) is 190 Å². The number of pyridine rings is 5. The van der Waals surface area contributed by atoms with Gasteiger partial charge in [-0.25, -0.2) is 4.79 Å². The van der Waals surface area contributed by atoms with Crippen LogP contribution in [-0.2, 0) is 45.1 Å². The van der Waals surface area contributed by atoms with Crippen LogP contribution in [0.2, 0.25) is 0 Å². The van der Waals surface area contributed by atoms with E-state index < -0.39 is 26.3 Å². The number of thiophene rings is 5. The Hall–Kier alpha value is -7.36. The third-order valence-corrected chi connectivity index (χ3v) is 28.2. The summed E-state index contributed by atoms with van der Waals surface area (Å²) in [7, 11) is 1.39. The summed E-state index contributed by atoms with van der Waals surface area (Å²) in [5.41, 5.74) is 5.70. The average molecular weight is 1700 g/mol. The molecule has 99 heavy (non-hydrogen) atoms. The molecule has 0 radical (unpaired) electrons. The first-order chi connectivity index (χ1) is 45.5. The maximum atomic E-state index is 11.3. The van der Waals surface area contributed by atoms with Crippen molar-refractivity contribution in [1.82, 2.24) is 24.9 Å². The molecule has 0 bridgehead atoms. The van der Waals surface area contributed by atoms with Gasteiger partial charge < -0.3 is 30.3 Å². The van der Waals surface area contributed by atoms with Gasteiger partial charge in [-0.2, -0.15) is 0 Å². The van der Waals surface area contributed by atoms with Crippen LogP contribution in [-0.4, -0.2) is 91.6 Å². The molecule has 11 heterocycles.